The van der Waals surface area contributed by atoms with E-state index in [1.54, 1.807) is 48.5 Å². The standard InChI is InChI=1S/C23H15ClFN3O2S/c1-14-4-6-16(7-5-14)31(29,30)28-13-19(17-3-2-9-27-23(17)28)15-11-18-20(24)8-10-26-22(18)21(25)12-15/h2-13H,1H3. The van der Waals surface area contributed by atoms with Gasteiger partial charge in [0.2, 0.25) is 0 Å². The number of fused-ring (bicyclic) bond motifs is 2. The van der Waals surface area contributed by atoms with E-state index in [9.17, 15) is 12.8 Å². The Bertz CT molecular complexity index is 1580. The molecular weight excluding hydrogens is 437 g/mol. The highest BCUT2D eigenvalue weighted by molar-refractivity contribution is 7.90. The van der Waals surface area contributed by atoms with Gasteiger partial charge in [-0.15, -0.1) is 0 Å². The van der Waals surface area contributed by atoms with Crippen LogP contribution in [0.15, 0.2) is 78.1 Å². The van der Waals surface area contributed by atoms with Gasteiger partial charge in [-0.25, -0.2) is 21.8 Å². The molecule has 0 aliphatic carbocycles. The van der Waals surface area contributed by atoms with Gasteiger partial charge in [0.15, 0.2) is 5.65 Å². The molecular formula is C23H15ClFN3O2S. The third-order valence-corrected chi connectivity index (χ3v) is 7.16. The zero-order chi connectivity index (χ0) is 21.8. The molecule has 0 spiro atoms. The Morgan fingerprint density at radius 3 is 2.52 bits per heavy atom. The fraction of sp³-hybridized carbons (Fsp3) is 0.0435. The van der Waals surface area contributed by atoms with E-state index < -0.39 is 15.8 Å². The van der Waals surface area contributed by atoms with Gasteiger partial charge in [0, 0.05) is 34.9 Å². The lowest BCUT2D eigenvalue weighted by Gasteiger charge is -2.07. The normalized spacial score (nSPS) is 12.0. The summed E-state index contributed by atoms with van der Waals surface area (Å²) < 4.78 is 42.6. The van der Waals surface area contributed by atoms with Gasteiger partial charge in [0.25, 0.3) is 10.0 Å². The van der Waals surface area contributed by atoms with E-state index >= 15 is 0 Å². The maximum Gasteiger partial charge on any atom is 0.269 e. The summed E-state index contributed by atoms with van der Waals surface area (Å²) in [6, 6.07) is 14.7. The van der Waals surface area contributed by atoms with Crippen LogP contribution in [0.1, 0.15) is 5.56 Å². The van der Waals surface area contributed by atoms with Gasteiger partial charge in [-0.1, -0.05) is 29.3 Å². The molecule has 0 saturated carbocycles. The minimum Gasteiger partial charge on any atom is -0.253 e. The van der Waals surface area contributed by atoms with Gasteiger partial charge in [-0.05, 0) is 55.0 Å². The van der Waals surface area contributed by atoms with Crippen LogP contribution in [-0.4, -0.2) is 22.4 Å². The number of benzene rings is 2. The minimum atomic E-state index is -3.91. The maximum absolute atomic E-state index is 14.8. The van der Waals surface area contributed by atoms with Crippen molar-refractivity contribution in [1.82, 2.24) is 13.9 Å². The molecule has 3 heterocycles. The summed E-state index contributed by atoms with van der Waals surface area (Å²) in [4.78, 5) is 8.49. The van der Waals surface area contributed by atoms with Crippen LogP contribution < -0.4 is 0 Å². The quantitative estimate of drug-likeness (QED) is 0.358. The van der Waals surface area contributed by atoms with Crippen LogP contribution in [0, 0.1) is 12.7 Å². The highest BCUT2D eigenvalue weighted by atomic mass is 35.5. The monoisotopic (exact) mass is 451 g/mol. The molecule has 0 saturated heterocycles. The number of rotatable bonds is 3. The van der Waals surface area contributed by atoms with Crippen molar-refractivity contribution >= 4 is 43.6 Å². The molecule has 0 amide bonds. The predicted octanol–water partition coefficient (Wildman–Crippen LogP) is 5.59. The van der Waals surface area contributed by atoms with Gasteiger partial charge in [0.1, 0.15) is 11.3 Å². The Kier molecular flexibility index (Phi) is 4.53. The van der Waals surface area contributed by atoms with Crippen LogP contribution in [0.4, 0.5) is 4.39 Å². The molecule has 0 bridgehead atoms. The van der Waals surface area contributed by atoms with Crippen molar-refractivity contribution in [2.75, 3.05) is 0 Å². The summed E-state index contributed by atoms with van der Waals surface area (Å²) in [6.07, 6.45) is 4.43. The number of hydrogen-bond acceptors (Lipinski definition) is 4. The molecule has 0 atom stereocenters. The van der Waals surface area contributed by atoms with Crippen LogP contribution in [0.25, 0.3) is 33.1 Å². The second kappa shape index (κ2) is 7.14. The summed E-state index contributed by atoms with van der Waals surface area (Å²) in [5.74, 6) is -0.541. The van der Waals surface area contributed by atoms with Crippen LogP contribution >= 0.6 is 11.6 Å². The van der Waals surface area contributed by atoms with E-state index in [-0.39, 0.29) is 16.1 Å². The van der Waals surface area contributed by atoms with Crippen molar-refractivity contribution in [2.45, 2.75) is 11.8 Å². The van der Waals surface area contributed by atoms with Gasteiger partial charge in [-0.3, -0.25) is 4.98 Å². The number of pyridine rings is 2. The highest BCUT2D eigenvalue weighted by Gasteiger charge is 2.23. The second-order valence-corrected chi connectivity index (χ2v) is 9.40. The molecule has 0 fully saturated rings. The van der Waals surface area contributed by atoms with Crippen LogP contribution in [0.5, 0.6) is 0 Å². The first-order valence-corrected chi connectivity index (χ1v) is 11.2. The van der Waals surface area contributed by atoms with Crippen molar-refractivity contribution in [3.05, 3.63) is 89.6 Å². The van der Waals surface area contributed by atoms with E-state index in [2.05, 4.69) is 9.97 Å². The van der Waals surface area contributed by atoms with Gasteiger partial charge >= 0.3 is 0 Å². The third kappa shape index (κ3) is 3.17. The Hall–Kier alpha value is -3.29. The number of aromatic nitrogens is 3. The molecule has 0 aliphatic heterocycles. The van der Waals surface area contributed by atoms with E-state index in [1.807, 2.05) is 6.92 Å². The lowest BCUT2D eigenvalue weighted by molar-refractivity contribution is 0.589. The summed E-state index contributed by atoms with van der Waals surface area (Å²) in [6.45, 7) is 1.88. The van der Waals surface area contributed by atoms with Gasteiger partial charge in [0.05, 0.1) is 9.92 Å². The lowest BCUT2D eigenvalue weighted by atomic mass is 10.0. The zero-order valence-corrected chi connectivity index (χ0v) is 17.8. The summed E-state index contributed by atoms with van der Waals surface area (Å²) in [7, 11) is -3.91. The molecule has 2 aromatic carbocycles. The SMILES string of the molecule is Cc1ccc(S(=O)(=O)n2cc(-c3cc(F)c4nccc(Cl)c4c3)c3cccnc32)cc1. The Labute approximate surface area is 182 Å². The summed E-state index contributed by atoms with van der Waals surface area (Å²) in [5, 5.41) is 1.39. The Balaban J connectivity index is 1.79. The number of hydrogen-bond donors (Lipinski definition) is 0. The average Bonchev–Trinajstić information content (AvgIpc) is 3.15. The van der Waals surface area contributed by atoms with Crippen LogP contribution in [0.3, 0.4) is 0 Å². The molecule has 3 aromatic heterocycles. The molecule has 5 aromatic rings. The van der Waals surface area contributed by atoms with Crippen molar-refractivity contribution in [3.8, 4) is 11.1 Å². The van der Waals surface area contributed by atoms with E-state index in [4.69, 9.17) is 11.6 Å². The lowest BCUT2D eigenvalue weighted by Crippen LogP contribution is -2.12. The molecule has 0 aliphatic rings. The minimum absolute atomic E-state index is 0.143. The molecule has 0 radical (unpaired) electrons. The molecule has 8 heteroatoms. The zero-order valence-electron chi connectivity index (χ0n) is 16.3. The molecule has 154 valence electrons. The Morgan fingerprint density at radius 2 is 1.74 bits per heavy atom. The smallest absolute Gasteiger partial charge is 0.253 e. The maximum atomic E-state index is 14.8. The third-order valence-electron chi connectivity index (χ3n) is 5.17. The fourth-order valence-corrected chi connectivity index (χ4v) is 5.13. The first-order chi connectivity index (χ1) is 14.9. The summed E-state index contributed by atoms with van der Waals surface area (Å²) >= 11 is 6.26. The fourth-order valence-electron chi connectivity index (χ4n) is 3.60. The first-order valence-electron chi connectivity index (χ1n) is 9.39. The molecule has 5 nitrogen and oxygen atoms in total. The number of halogens is 2. The van der Waals surface area contributed by atoms with Gasteiger partial charge in [-0.2, -0.15) is 0 Å². The van der Waals surface area contributed by atoms with Gasteiger partial charge < -0.3 is 0 Å². The number of nitrogens with zero attached hydrogens (tertiary/aromatic N) is 3. The highest BCUT2D eigenvalue weighted by Crippen LogP contribution is 2.35. The van der Waals surface area contributed by atoms with Crippen LogP contribution in [0.2, 0.25) is 5.02 Å². The van der Waals surface area contributed by atoms with Crippen LogP contribution in [-0.2, 0) is 10.0 Å². The average molecular weight is 452 g/mol. The van der Waals surface area contributed by atoms with E-state index in [1.165, 1.54) is 24.7 Å². The van der Waals surface area contributed by atoms with E-state index in [0.717, 1.165) is 9.54 Å². The van der Waals surface area contributed by atoms with Crippen molar-refractivity contribution in [3.63, 3.8) is 0 Å². The Morgan fingerprint density at radius 1 is 0.968 bits per heavy atom. The summed E-state index contributed by atoms with van der Waals surface area (Å²) in [5.41, 5.74) is 2.38. The molecule has 5 rings (SSSR count). The predicted molar refractivity (Wildman–Crippen MR) is 119 cm³/mol. The molecule has 0 unspecified atom stereocenters. The number of aryl methyl sites for hydroxylation is 1. The van der Waals surface area contributed by atoms with Crippen molar-refractivity contribution < 1.29 is 12.8 Å². The topological polar surface area (TPSA) is 64.8 Å². The molecule has 0 N–H and O–H groups in total. The van der Waals surface area contributed by atoms with E-state index in [0.29, 0.717) is 26.9 Å². The largest absolute Gasteiger partial charge is 0.269 e. The first kappa shape index (κ1) is 19.7. The molecule has 31 heavy (non-hydrogen) atoms. The van der Waals surface area contributed by atoms with Crippen molar-refractivity contribution in [1.29, 1.82) is 0 Å². The van der Waals surface area contributed by atoms with Crippen molar-refractivity contribution in [2.24, 2.45) is 0 Å². The second-order valence-electron chi connectivity index (χ2n) is 7.18.